The summed E-state index contributed by atoms with van der Waals surface area (Å²) in [6.45, 7) is 1.72. The molecule has 25 heavy (non-hydrogen) atoms. The van der Waals surface area contributed by atoms with Gasteiger partial charge in [0.1, 0.15) is 5.02 Å². The van der Waals surface area contributed by atoms with E-state index in [1.807, 2.05) is 0 Å². The van der Waals surface area contributed by atoms with Gasteiger partial charge in [-0.15, -0.1) is 0 Å². The van der Waals surface area contributed by atoms with Crippen LogP contribution in [0.4, 0.5) is 5.69 Å². The smallest absolute Gasteiger partial charge is 0.288 e. The number of carbonyl (C=O) groups is 1. The quantitative estimate of drug-likeness (QED) is 0.631. The van der Waals surface area contributed by atoms with Gasteiger partial charge in [0.25, 0.3) is 11.6 Å². The first-order valence-corrected chi connectivity index (χ1v) is 9.41. The molecule has 0 saturated heterocycles. The van der Waals surface area contributed by atoms with Crippen LogP contribution in [0.5, 0.6) is 0 Å². The second-order valence-electron chi connectivity index (χ2n) is 5.46. The number of hydrogen-bond acceptors (Lipinski definition) is 5. The van der Waals surface area contributed by atoms with Gasteiger partial charge >= 0.3 is 0 Å². The van der Waals surface area contributed by atoms with Crippen LogP contribution < -0.4 is 5.32 Å². The summed E-state index contributed by atoms with van der Waals surface area (Å²) in [5.41, 5.74) is 0.458. The van der Waals surface area contributed by atoms with Crippen LogP contribution in [0.1, 0.15) is 28.9 Å². The Labute approximate surface area is 149 Å². The van der Waals surface area contributed by atoms with E-state index in [2.05, 4.69) is 5.32 Å². The number of halogens is 1. The predicted octanol–water partition coefficient (Wildman–Crippen LogP) is 3.14. The summed E-state index contributed by atoms with van der Waals surface area (Å²) >= 11 is 5.73. The zero-order valence-electron chi connectivity index (χ0n) is 13.4. The maximum Gasteiger partial charge on any atom is 0.288 e. The van der Waals surface area contributed by atoms with E-state index >= 15 is 0 Å². The van der Waals surface area contributed by atoms with Gasteiger partial charge in [-0.25, -0.2) is 8.42 Å². The summed E-state index contributed by atoms with van der Waals surface area (Å²) in [6.07, 6.45) is 1.11. The van der Waals surface area contributed by atoms with Gasteiger partial charge in [-0.2, -0.15) is 0 Å². The number of nitro groups is 1. The molecule has 0 aromatic heterocycles. The number of rotatable bonds is 5. The Bertz CT molecular complexity index is 926. The Morgan fingerprint density at radius 1 is 1.20 bits per heavy atom. The second-order valence-corrected chi connectivity index (χ2v) is 7.88. The highest BCUT2D eigenvalue weighted by Gasteiger charge is 2.18. The Morgan fingerprint density at radius 2 is 1.80 bits per heavy atom. The minimum absolute atomic E-state index is 0.0500. The molecule has 9 heteroatoms. The van der Waals surface area contributed by atoms with Gasteiger partial charge in [-0.1, -0.05) is 23.7 Å². The van der Waals surface area contributed by atoms with Crippen LogP contribution in [0.2, 0.25) is 5.02 Å². The zero-order valence-corrected chi connectivity index (χ0v) is 15.0. The number of nitrogens with zero attached hydrogens (tertiary/aromatic N) is 1. The first kappa shape index (κ1) is 18.9. The van der Waals surface area contributed by atoms with E-state index in [-0.39, 0.29) is 21.2 Å². The van der Waals surface area contributed by atoms with E-state index < -0.39 is 26.7 Å². The first-order valence-electron chi connectivity index (χ1n) is 7.14. The van der Waals surface area contributed by atoms with Crippen LogP contribution >= 0.6 is 11.6 Å². The molecule has 0 heterocycles. The van der Waals surface area contributed by atoms with Crippen molar-refractivity contribution in [2.24, 2.45) is 0 Å². The molecule has 2 rings (SSSR count). The second kappa shape index (κ2) is 7.20. The fourth-order valence-corrected chi connectivity index (χ4v) is 2.98. The Balaban J connectivity index is 2.17. The van der Waals surface area contributed by atoms with Crippen LogP contribution in [0.25, 0.3) is 0 Å². The highest BCUT2D eigenvalue weighted by Crippen LogP contribution is 2.25. The van der Waals surface area contributed by atoms with E-state index in [0.717, 1.165) is 12.3 Å². The summed E-state index contributed by atoms with van der Waals surface area (Å²) in [4.78, 5) is 22.7. The van der Waals surface area contributed by atoms with E-state index in [4.69, 9.17) is 11.6 Å². The Kier molecular flexibility index (Phi) is 5.44. The van der Waals surface area contributed by atoms with E-state index in [0.29, 0.717) is 5.56 Å². The fourth-order valence-electron chi connectivity index (χ4n) is 2.16. The van der Waals surface area contributed by atoms with Crippen molar-refractivity contribution in [3.63, 3.8) is 0 Å². The average Bonchev–Trinajstić information content (AvgIpc) is 2.54. The number of amides is 1. The van der Waals surface area contributed by atoms with Crippen LogP contribution in [-0.4, -0.2) is 25.5 Å². The van der Waals surface area contributed by atoms with E-state index in [1.165, 1.54) is 24.3 Å². The number of sulfone groups is 1. The van der Waals surface area contributed by atoms with Crippen molar-refractivity contribution in [3.05, 3.63) is 68.7 Å². The SMILES string of the molecule is C[C@H](NC(=O)c1ccc(Cl)c([N+](=O)[O-])c1)c1ccc(S(C)(=O)=O)cc1. The van der Waals surface area contributed by atoms with Gasteiger partial charge in [-0.3, -0.25) is 14.9 Å². The zero-order chi connectivity index (χ0) is 18.8. The van der Waals surface area contributed by atoms with Gasteiger partial charge in [0.05, 0.1) is 15.9 Å². The van der Waals surface area contributed by atoms with Gasteiger partial charge in [0.2, 0.25) is 0 Å². The van der Waals surface area contributed by atoms with E-state index in [1.54, 1.807) is 19.1 Å². The van der Waals surface area contributed by atoms with Crippen LogP contribution in [0.3, 0.4) is 0 Å². The average molecular weight is 383 g/mol. The number of nitrogens with one attached hydrogen (secondary N) is 1. The largest absolute Gasteiger partial charge is 0.346 e. The number of carbonyl (C=O) groups excluding carboxylic acids is 1. The molecule has 0 bridgehead atoms. The Morgan fingerprint density at radius 3 is 2.32 bits per heavy atom. The lowest BCUT2D eigenvalue weighted by Crippen LogP contribution is -2.26. The lowest BCUT2D eigenvalue weighted by molar-refractivity contribution is -0.384. The topological polar surface area (TPSA) is 106 Å². The molecule has 132 valence electrons. The molecule has 0 aliphatic carbocycles. The third-order valence-electron chi connectivity index (χ3n) is 3.56. The van der Waals surface area contributed by atoms with Crippen molar-refractivity contribution >= 4 is 33.0 Å². The van der Waals surface area contributed by atoms with Crippen LogP contribution in [-0.2, 0) is 9.84 Å². The lowest BCUT2D eigenvalue weighted by Gasteiger charge is -2.15. The molecule has 0 fully saturated rings. The van der Waals surface area contributed by atoms with Gasteiger partial charge in [0.15, 0.2) is 9.84 Å². The summed E-state index contributed by atoms with van der Waals surface area (Å²) in [5.74, 6) is -0.501. The molecule has 0 aliphatic rings. The normalized spacial score (nSPS) is 12.4. The highest BCUT2D eigenvalue weighted by atomic mass is 35.5. The summed E-state index contributed by atoms with van der Waals surface area (Å²) in [5, 5.41) is 13.5. The first-order chi connectivity index (χ1) is 11.6. The number of hydrogen-bond donors (Lipinski definition) is 1. The maximum absolute atomic E-state index is 12.3. The van der Waals surface area contributed by atoms with Crippen molar-refractivity contribution < 1.29 is 18.1 Å². The van der Waals surface area contributed by atoms with Crippen molar-refractivity contribution in [1.82, 2.24) is 5.32 Å². The van der Waals surface area contributed by atoms with Gasteiger partial charge in [-0.05, 0) is 36.8 Å². The van der Waals surface area contributed by atoms with Crippen molar-refractivity contribution in [3.8, 4) is 0 Å². The summed E-state index contributed by atoms with van der Waals surface area (Å²) < 4.78 is 22.9. The Hall–Kier alpha value is -2.45. The van der Waals surface area contributed by atoms with E-state index in [9.17, 15) is 23.3 Å². The standard InChI is InChI=1S/C16H15ClN2O5S/c1-10(11-3-6-13(7-4-11)25(2,23)24)18-16(20)12-5-8-14(17)15(9-12)19(21)22/h3-10H,1-2H3,(H,18,20)/t10-/m0/s1. The molecular weight excluding hydrogens is 368 g/mol. The van der Waals surface area contributed by atoms with Crippen molar-refractivity contribution in [2.75, 3.05) is 6.26 Å². The molecule has 0 spiro atoms. The number of benzene rings is 2. The fraction of sp³-hybridized carbons (Fsp3) is 0.188. The van der Waals surface area contributed by atoms with Crippen molar-refractivity contribution in [2.45, 2.75) is 17.9 Å². The third-order valence-corrected chi connectivity index (χ3v) is 5.01. The molecule has 0 radical (unpaired) electrons. The summed E-state index contributed by atoms with van der Waals surface area (Å²) in [7, 11) is -3.29. The minimum atomic E-state index is -3.29. The lowest BCUT2D eigenvalue weighted by atomic mass is 10.1. The molecule has 2 aromatic carbocycles. The molecule has 0 unspecified atom stereocenters. The molecule has 1 N–H and O–H groups in total. The van der Waals surface area contributed by atoms with Gasteiger partial charge in [0, 0.05) is 17.9 Å². The molecule has 0 aliphatic heterocycles. The van der Waals surface area contributed by atoms with Crippen molar-refractivity contribution in [1.29, 1.82) is 0 Å². The summed E-state index contributed by atoms with van der Waals surface area (Å²) in [6, 6.07) is 9.50. The molecule has 1 atom stereocenters. The number of nitro benzene ring substituents is 1. The molecule has 7 nitrogen and oxygen atoms in total. The molecule has 2 aromatic rings. The molecule has 1 amide bonds. The third kappa shape index (κ3) is 4.55. The van der Waals surface area contributed by atoms with Crippen LogP contribution in [0, 0.1) is 10.1 Å². The monoisotopic (exact) mass is 382 g/mol. The van der Waals surface area contributed by atoms with Crippen LogP contribution in [0.15, 0.2) is 47.4 Å². The maximum atomic E-state index is 12.3. The highest BCUT2D eigenvalue weighted by molar-refractivity contribution is 7.90. The van der Waals surface area contributed by atoms with Gasteiger partial charge < -0.3 is 5.32 Å². The molecule has 0 saturated carbocycles. The molecular formula is C16H15ClN2O5S. The minimum Gasteiger partial charge on any atom is -0.346 e. The predicted molar refractivity (Wildman–Crippen MR) is 93.5 cm³/mol.